The lowest BCUT2D eigenvalue weighted by Gasteiger charge is -2.26. The third-order valence-electron chi connectivity index (χ3n) is 3.40. The van der Waals surface area contributed by atoms with Gasteiger partial charge < -0.3 is 5.11 Å². The third kappa shape index (κ3) is 3.85. The van der Waals surface area contributed by atoms with Crippen LogP contribution in [0, 0.1) is 0 Å². The first-order chi connectivity index (χ1) is 7.69. The molecule has 0 aromatic carbocycles. The molecular weight excluding hydrogens is 204 g/mol. The van der Waals surface area contributed by atoms with Crippen LogP contribution < -0.4 is 0 Å². The molecule has 4 heteroatoms. The second-order valence-corrected chi connectivity index (χ2v) is 4.45. The molecule has 4 nitrogen and oxygen atoms in total. The summed E-state index contributed by atoms with van der Waals surface area (Å²) in [5.41, 5.74) is 0. The lowest BCUT2D eigenvalue weighted by molar-refractivity contribution is -0.123. The molecule has 0 spiro atoms. The van der Waals surface area contributed by atoms with Gasteiger partial charge in [0, 0.05) is 32.6 Å². The molecule has 0 bridgehead atoms. The number of aliphatic hydroxyl groups is 1. The van der Waals surface area contributed by atoms with Crippen molar-refractivity contribution in [1.82, 2.24) is 9.80 Å². The zero-order valence-corrected chi connectivity index (χ0v) is 10.5. The van der Waals surface area contributed by atoms with Crippen molar-refractivity contribution in [3.8, 4) is 0 Å². The second-order valence-electron chi connectivity index (χ2n) is 4.45. The van der Waals surface area contributed by atoms with Crippen molar-refractivity contribution in [2.75, 3.05) is 39.3 Å². The first-order valence-electron chi connectivity index (χ1n) is 6.29. The van der Waals surface area contributed by atoms with Crippen LogP contribution in [0.5, 0.6) is 0 Å². The Hall–Kier alpha value is -0.450. The standard InChI is InChI=1S/C12H24N2O2/c1-3-12(16)11(2)14-6-4-5-13(7-8-14)9-10-15/h11,15H,3-10H2,1-2H3. The minimum atomic E-state index is 0.0547. The van der Waals surface area contributed by atoms with Crippen LogP contribution in [0.2, 0.25) is 0 Å². The van der Waals surface area contributed by atoms with Gasteiger partial charge >= 0.3 is 0 Å². The summed E-state index contributed by atoms with van der Waals surface area (Å²) in [7, 11) is 0. The molecule has 1 rings (SSSR count). The molecule has 1 fully saturated rings. The van der Waals surface area contributed by atoms with Crippen LogP contribution in [0.3, 0.4) is 0 Å². The number of β-amino-alcohol motifs (C(OH)–C–C–N with tert-alkyl or cyclic N) is 1. The van der Waals surface area contributed by atoms with Crippen LogP contribution in [0.1, 0.15) is 26.7 Å². The number of hydrogen-bond donors (Lipinski definition) is 1. The highest BCUT2D eigenvalue weighted by molar-refractivity contribution is 5.83. The normalized spacial score (nSPS) is 21.7. The molecule has 1 heterocycles. The number of Topliss-reactive ketones (excluding diaryl/α,β-unsaturated/α-hetero) is 1. The fourth-order valence-electron chi connectivity index (χ4n) is 2.24. The number of hydrogen-bond acceptors (Lipinski definition) is 4. The van der Waals surface area contributed by atoms with E-state index in [1.54, 1.807) is 0 Å². The SMILES string of the molecule is CCC(=O)C(C)N1CCCN(CCO)CC1. The van der Waals surface area contributed by atoms with Gasteiger partial charge in [-0.05, 0) is 19.9 Å². The van der Waals surface area contributed by atoms with E-state index in [1.807, 2.05) is 13.8 Å². The van der Waals surface area contributed by atoms with Crippen molar-refractivity contribution in [3.63, 3.8) is 0 Å². The summed E-state index contributed by atoms with van der Waals surface area (Å²) >= 11 is 0. The Balaban J connectivity index is 2.43. The minimum Gasteiger partial charge on any atom is -0.395 e. The molecule has 0 saturated carbocycles. The number of nitrogens with zero attached hydrogens (tertiary/aromatic N) is 2. The second kappa shape index (κ2) is 6.99. The predicted octanol–water partition coefficient (Wildman–Crippen LogP) is 0.354. The maximum absolute atomic E-state index is 11.6. The molecule has 1 unspecified atom stereocenters. The van der Waals surface area contributed by atoms with Gasteiger partial charge in [-0.25, -0.2) is 0 Å². The van der Waals surface area contributed by atoms with Gasteiger partial charge in [-0.3, -0.25) is 14.6 Å². The highest BCUT2D eigenvalue weighted by atomic mass is 16.3. The molecule has 0 aromatic heterocycles. The molecule has 0 aliphatic carbocycles. The number of rotatable bonds is 5. The van der Waals surface area contributed by atoms with E-state index >= 15 is 0 Å². The van der Waals surface area contributed by atoms with E-state index < -0.39 is 0 Å². The van der Waals surface area contributed by atoms with E-state index in [-0.39, 0.29) is 12.6 Å². The predicted molar refractivity (Wildman–Crippen MR) is 64.5 cm³/mol. The molecule has 16 heavy (non-hydrogen) atoms. The number of carbonyl (C=O) groups excluding carboxylic acids is 1. The van der Waals surface area contributed by atoms with E-state index in [9.17, 15) is 4.79 Å². The molecule has 1 aliphatic heterocycles. The Labute approximate surface area is 98.2 Å². The third-order valence-corrected chi connectivity index (χ3v) is 3.40. The summed E-state index contributed by atoms with van der Waals surface area (Å²) in [4.78, 5) is 16.2. The summed E-state index contributed by atoms with van der Waals surface area (Å²) in [5.74, 6) is 0.329. The van der Waals surface area contributed by atoms with Gasteiger partial charge in [-0.2, -0.15) is 0 Å². The molecule has 94 valence electrons. The molecule has 1 N–H and O–H groups in total. The molecular formula is C12H24N2O2. The van der Waals surface area contributed by atoms with Gasteiger partial charge in [0.25, 0.3) is 0 Å². The largest absolute Gasteiger partial charge is 0.395 e. The van der Waals surface area contributed by atoms with Crippen molar-refractivity contribution >= 4 is 5.78 Å². The van der Waals surface area contributed by atoms with E-state index in [0.717, 1.165) is 39.1 Å². The summed E-state index contributed by atoms with van der Waals surface area (Å²) in [5, 5.41) is 8.90. The molecule has 1 aliphatic rings. The van der Waals surface area contributed by atoms with Gasteiger partial charge in [-0.15, -0.1) is 0 Å². The van der Waals surface area contributed by atoms with Crippen LogP contribution >= 0.6 is 0 Å². The smallest absolute Gasteiger partial charge is 0.149 e. The number of ketones is 1. The summed E-state index contributed by atoms with van der Waals surface area (Å²) < 4.78 is 0. The monoisotopic (exact) mass is 228 g/mol. The highest BCUT2D eigenvalue weighted by Gasteiger charge is 2.22. The van der Waals surface area contributed by atoms with E-state index in [4.69, 9.17) is 5.11 Å². The van der Waals surface area contributed by atoms with Crippen LogP contribution in [-0.2, 0) is 4.79 Å². The zero-order valence-electron chi connectivity index (χ0n) is 10.5. The van der Waals surface area contributed by atoms with Crippen LogP contribution in [0.4, 0.5) is 0 Å². The molecule has 1 atom stereocenters. The van der Waals surface area contributed by atoms with E-state index in [1.165, 1.54) is 0 Å². The Morgan fingerprint density at radius 2 is 2.06 bits per heavy atom. The topological polar surface area (TPSA) is 43.8 Å². The number of carbonyl (C=O) groups is 1. The Morgan fingerprint density at radius 1 is 1.31 bits per heavy atom. The maximum atomic E-state index is 11.6. The Kier molecular flexibility index (Phi) is 5.95. The van der Waals surface area contributed by atoms with Gasteiger partial charge in [0.1, 0.15) is 5.78 Å². The highest BCUT2D eigenvalue weighted by Crippen LogP contribution is 2.08. The lowest BCUT2D eigenvalue weighted by atomic mass is 10.1. The minimum absolute atomic E-state index is 0.0547. The van der Waals surface area contributed by atoms with Crippen LogP contribution in [0.15, 0.2) is 0 Å². The average molecular weight is 228 g/mol. The Bertz CT molecular complexity index is 221. The fraction of sp³-hybridized carbons (Fsp3) is 0.917. The molecule has 0 amide bonds. The lowest BCUT2D eigenvalue weighted by Crippen LogP contribution is -2.41. The van der Waals surface area contributed by atoms with Crippen molar-refractivity contribution in [2.45, 2.75) is 32.7 Å². The summed E-state index contributed by atoms with van der Waals surface area (Å²) in [6.45, 7) is 8.84. The van der Waals surface area contributed by atoms with Gasteiger partial charge in [-0.1, -0.05) is 6.92 Å². The maximum Gasteiger partial charge on any atom is 0.149 e. The van der Waals surface area contributed by atoms with E-state index in [0.29, 0.717) is 12.2 Å². The Morgan fingerprint density at radius 3 is 2.69 bits per heavy atom. The van der Waals surface area contributed by atoms with Crippen LogP contribution in [-0.4, -0.2) is 66.1 Å². The molecule has 1 saturated heterocycles. The first-order valence-corrected chi connectivity index (χ1v) is 6.29. The van der Waals surface area contributed by atoms with Gasteiger partial charge in [0.2, 0.25) is 0 Å². The van der Waals surface area contributed by atoms with Crippen molar-refractivity contribution < 1.29 is 9.90 Å². The van der Waals surface area contributed by atoms with Gasteiger partial charge in [0.15, 0.2) is 0 Å². The molecule has 0 radical (unpaired) electrons. The van der Waals surface area contributed by atoms with Crippen molar-refractivity contribution in [2.24, 2.45) is 0 Å². The quantitative estimate of drug-likeness (QED) is 0.737. The van der Waals surface area contributed by atoms with Crippen LogP contribution in [0.25, 0.3) is 0 Å². The van der Waals surface area contributed by atoms with Gasteiger partial charge in [0.05, 0.1) is 12.6 Å². The molecule has 0 aromatic rings. The number of aliphatic hydroxyl groups excluding tert-OH is 1. The fourth-order valence-corrected chi connectivity index (χ4v) is 2.24. The summed E-state index contributed by atoms with van der Waals surface area (Å²) in [6, 6.07) is 0.0547. The average Bonchev–Trinajstić information content (AvgIpc) is 2.53. The summed E-state index contributed by atoms with van der Waals surface area (Å²) in [6.07, 6.45) is 1.71. The van der Waals surface area contributed by atoms with E-state index in [2.05, 4.69) is 9.80 Å². The van der Waals surface area contributed by atoms with Crippen molar-refractivity contribution in [3.05, 3.63) is 0 Å². The zero-order chi connectivity index (χ0) is 12.0. The van der Waals surface area contributed by atoms with Crippen molar-refractivity contribution in [1.29, 1.82) is 0 Å². The first kappa shape index (κ1) is 13.6.